The summed E-state index contributed by atoms with van der Waals surface area (Å²) in [5.41, 5.74) is 4.87. The van der Waals surface area contributed by atoms with E-state index in [1.165, 1.54) is 29.5 Å². The molecule has 3 rings (SSSR count). The monoisotopic (exact) mass is 299 g/mol. The molecule has 1 aliphatic rings. The van der Waals surface area contributed by atoms with Gasteiger partial charge in [-0.3, -0.25) is 10.00 Å². The Labute approximate surface area is 132 Å². The number of nitrogens with zero attached hydrogens (tertiary/aromatic N) is 2. The van der Waals surface area contributed by atoms with Crippen LogP contribution in [0.15, 0.2) is 30.5 Å². The molecule has 0 spiro atoms. The van der Waals surface area contributed by atoms with Crippen LogP contribution in [0.4, 0.5) is 0 Å². The Kier molecular flexibility index (Phi) is 4.90. The molecular weight excluding hydrogens is 274 g/mol. The molecule has 4 heteroatoms. The van der Waals surface area contributed by atoms with Crippen molar-refractivity contribution in [3.63, 3.8) is 0 Å². The molecule has 2 N–H and O–H groups in total. The lowest BCUT2D eigenvalue weighted by molar-refractivity contribution is 0.210. The Balaban J connectivity index is 1.75. The van der Waals surface area contributed by atoms with Gasteiger partial charge in [0.15, 0.2) is 0 Å². The number of aliphatic hydroxyl groups excluding tert-OH is 1. The highest BCUT2D eigenvalue weighted by Gasteiger charge is 2.25. The van der Waals surface area contributed by atoms with E-state index in [0.717, 1.165) is 31.6 Å². The Bertz CT molecular complexity index is 608. The first-order valence-corrected chi connectivity index (χ1v) is 8.22. The zero-order chi connectivity index (χ0) is 15.4. The van der Waals surface area contributed by atoms with Gasteiger partial charge in [-0.25, -0.2) is 0 Å². The summed E-state index contributed by atoms with van der Waals surface area (Å²) >= 11 is 0. The first-order valence-electron chi connectivity index (χ1n) is 8.22. The number of rotatable bonds is 6. The highest BCUT2D eigenvalue weighted by molar-refractivity contribution is 5.63. The average Bonchev–Trinajstić information content (AvgIpc) is 3.15. The summed E-state index contributed by atoms with van der Waals surface area (Å²) in [6.07, 6.45) is 6.45. The molecule has 1 unspecified atom stereocenters. The Morgan fingerprint density at radius 2 is 2.32 bits per heavy atom. The minimum atomic E-state index is 0.296. The lowest BCUT2D eigenvalue weighted by Gasteiger charge is -2.24. The molecule has 0 bridgehead atoms. The van der Waals surface area contributed by atoms with Gasteiger partial charge in [0.1, 0.15) is 0 Å². The van der Waals surface area contributed by atoms with Crippen molar-refractivity contribution >= 4 is 0 Å². The van der Waals surface area contributed by atoms with Gasteiger partial charge >= 0.3 is 0 Å². The quantitative estimate of drug-likeness (QED) is 0.861. The standard InChI is InChI=1S/C18H25N3O/c1-14-5-2-6-15(11-14)18-16(12-19-20-18)13-21-9-3-7-17(21)8-4-10-22/h2,5-6,11-12,17,22H,3-4,7-10,13H2,1H3,(H,19,20). The lowest BCUT2D eigenvalue weighted by Crippen LogP contribution is -2.29. The maximum absolute atomic E-state index is 9.05. The van der Waals surface area contributed by atoms with Gasteiger partial charge in [-0.15, -0.1) is 0 Å². The van der Waals surface area contributed by atoms with Crippen LogP contribution >= 0.6 is 0 Å². The van der Waals surface area contributed by atoms with Crippen LogP contribution in [0.25, 0.3) is 11.3 Å². The maximum atomic E-state index is 9.05. The molecule has 118 valence electrons. The summed E-state index contributed by atoms with van der Waals surface area (Å²) < 4.78 is 0. The third-order valence-electron chi connectivity index (χ3n) is 4.59. The number of aromatic amines is 1. The van der Waals surface area contributed by atoms with Gasteiger partial charge in [0, 0.05) is 30.3 Å². The van der Waals surface area contributed by atoms with Gasteiger partial charge in [0.2, 0.25) is 0 Å². The SMILES string of the molecule is Cc1cccc(-c2[nH]ncc2CN2CCCC2CCCO)c1. The largest absolute Gasteiger partial charge is 0.396 e. The fraction of sp³-hybridized carbons (Fsp3) is 0.500. The third kappa shape index (κ3) is 3.39. The van der Waals surface area contributed by atoms with Crippen LogP contribution < -0.4 is 0 Å². The van der Waals surface area contributed by atoms with E-state index in [1.807, 2.05) is 6.20 Å². The number of likely N-dealkylation sites (tertiary alicyclic amines) is 1. The van der Waals surface area contributed by atoms with E-state index in [9.17, 15) is 0 Å². The van der Waals surface area contributed by atoms with Crippen LogP contribution in [-0.2, 0) is 6.54 Å². The fourth-order valence-corrected chi connectivity index (χ4v) is 3.46. The fourth-order valence-electron chi connectivity index (χ4n) is 3.46. The molecular formula is C18H25N3O. The van der Waals surface area contributed by atoms with Crippen molar-refractivity contribution in [2.24, 2.45) is 0 Å². The van der Waals surface area contributed by atoms with Crippen molar-refractivity contribution < 1.29 is 5.11 Å². The average molecular weight is 299 g/mol. The molecule has 0 radical (unpaired) electrons. The zero-order valence-corrected chi connectivity index (χ0v) is 13.3. The minimum absolute atomic E-state index is 0.296. The van der Waals surface area contributed by atoms with Gasteiger partial charge in [0.05, 0.1) is 11.9 Å². The molecule has 22 heavy (non-hydrogen) atoms. The smallest absolute Gasteiger partial charge is 0.0695 e. The lowest BCUT2D eigenvalue weighted by atomic mass is 10.0. The maximum Gasteiger partial charge on any atom is 0.0695 e. The summed E-state index contributed by atoms with van der Waals surface area (Å²) in [5.74, 6) is 0. The highest BCUT2D eigenvalue weighted by Crippen LogP contribution is 2.27. The van der Waals surface area contributed by atoms with Crippen molar-refractivity contribution in [3.05, 3.63) is 41.6 Å². The number of hydrogen-bond acceptors (Lipinski definition) is 3. The summed E-state index contributed by atoms with van der Waals surface area (Å²) in [4.78, 5) is 2.54. The van der Waals surface area contributed by atoms with Crippen LogP contribution in [0.2, 0.25) is 0 Å². The second kappa shape index (κ2) is 7.07. The Hall–Kier alpha value is -1.65. The highest BCUT2D eigenvalue weighted by atomic mass is 16.2. The van der Waals surface area contributed by atoms with Gasteiger partial charge in [-0.05, 0) is 45.2 Å². The Morgan fingerprint density at radius 3 is 3.14 bits per heavy atom. The molecule has 1 aromatic heterocycles. The molecule has 0 amide bonds. The first kappa shape index (κ1) is 15.3. The molecule has 1 fully saturated rings. The predicted molar refractivity (Wildman–Crippen MR) is 88.5 cm³/mol. The Morgan fingerprint density at radius 1 is 1.41 bits per heavy atom. The van der Waals surface area contributed by atoms with Crippen molar-refractivity contribution in [1.29, 1.82) is 0 Å². The van der Waals surface area contributed by atoms with Crippen LogP contribution in [0.5, 0.6) is 0 Å². The van der Waals surface area contributed by atoms with E-state index in [1.54, 1.807) is 0 Å². The number of benzene rings is 1. The van der Waals surface area contributed by atoms with Gasteiger partial charge in [-0.1, -0.05) is 23.8 Å². The van der Waals surface area contributed by atoms with Gasteiger partial charge in [0.25, 0.3) is 0 Å². The summed E-state index contributed by atoms with van der Waals surface area (Å²) in [5, 5.41) is 16.5. The molecule has 1 aromatic carbocycles. The number of aromatic nitrogens is 2. The number of aryl methyl sites for hydroxylation is 1. The number of hydrogen-bond donors (Lipinski definition) is 2. The minimum Gasteiger partial charge on any atom is -0.396 e. The third-order valence-corrected chi connectivity index (χ3v) is 4.59. The second-order valence-electron chi connectivity index (χ2n) is 6.27. The topological polar surface area (TPSA) is 52.2 Å². The summed E-state index contributed by atoms with van der Waals surface area (Å²) in [6, 6.07) is 9.15. The van der Waals surface area contributed by atoms with Gasteiger partial charge in [-0.2, -0.15) is 5.10 Å². The number of nitrogens with one attached hydrogen (secondary N) is 1. The second-order valence-corrected chi connectivity index (χ2v) is 6.27. The summed E-state index contributed by atoms with van der Waals surface area (Å²) in [7, 11) is 0. The molecule has 0 saturated carbocycles. The van der Waals surface area contributed by atoms with E-state index < -0.39 is 0 Å². The molecule has 1 atom stereocenters. The van der Waals surface area contributed by atoms with E-state index >= 15 is 0 Å². The van der Waals surface area contributed by atoms with E-state index in [4.69, 9.17) is 5.11 Å². The van der Waals surface area contributed by atoms with Crippen LogP contribution in [0.1, 0.15) is 36.8 Å². The summed E-state index contributed by atoms with van der Waals surface area (Å²) in [6.45, 7) is 4.50. The predicted octanol–water partition coefficient (Wildman–Crippen LogP) is 3.12. The number of H-pyrrole nitrogens is 1. The van der Waals surface area contributed by atoms with Crippen molar-refractivity contribution in [2.45, 2.75) is 45.2 Å². The van der Waals surface area contributed by atoms with Crippen LogP contribution in [-0.4, -0.2) is 39.4 Å². The molecule has 1 saturated heterocycles. The van der Waals surface area contributed by atoms with Crippen LogP contribution in [0, 0.1) is 6.92 Å². The molecule has 2 aromatic rings. The molecule has 0 aliphatic carbocycles. The normalized spacial score (nSPS) is 18.9. The molecule has 2 heterocycles. The van der Waals surface area contributed by atoms with Crippen molar-refractivity contribution in [1.82, 2.24) is 15.1 Å². The van der Waals surface area contributed by atoms with Crippen LogP contribution in [0.3, 0.4) is 0 Å². The van der Waals surface area contributed by atoms with Gasteiger partial charge < -0.3 is 5.11 Å². The van der Waals surface area contributed by atoms with E-state index in [2.05, 4.69) is 46.3 Å². The first-order chi connectivity index (χ1) is 10.8. The zero-order valence-electron chi connectivity index (χ0n) is 13.3. The van der Waals surface area contributed by atoms with E-state index in [0.29, 0.717) is 12.6 Å². The van der Waals surface area contributed by atoms with Crippen molar-refractivity contribution in [3.8, 4) is 11.3 Å². The molecule has 1 aliphatic heterocycles. The van der Waals surface area contributed by atoms with Crippen molar-refractivity contribution in [2.75, 3.05) is 13.2 Å². The van der Waals surface area contributed by atoms with E-state index in [-0.39, 0.29) is 0 Å². The number of aliphatic hydroxyl groups is 1. The molecule has 4 nitrogen and oxygen atoms in total.